The van der Waals surface area contributed by atoms with Gasteiger partial charge in [0.1, 0.15) is 17.8 Å². The highest BCUT2D eigenvalue weighted by Crippen LogP contribution is 2.42. The van der Waals surface area contributed by atoms with E-state index < -0.39 is 5.60 Å². The van der Waals surface area contributed by atoms with Crippen molar-refractivity contribution in [2.24, 2.45) is 0 Å². The van der Waals surface area contributed by atoms with Crippen LogP contribution in [-0.2, 0) is 14.9 Å². The van der Waals surface area contributed by atoms with Gasteiger partial charge in [-0.3, -0.25) is 9.36 Å². The summed E-state index contributed by atoms with van der Waals surface area (Å²) in [6.07, 6.45) is 3.43. The number of esters is 1. The molecule has 1 aliphatic rings. The Hall–Kier alpha value is -3.94. The van der Waals surface area contributed by atoms with E-state index in [-0.39, 0.29) is 11.4 Å². The van der Waals surface area contributed by atoms with Gasteiger partial charge < -0.3 is 9.64 Å². The highest BCUT2D eigenvalue weighted by atomic mass is 35.5. The molecule has 0 atom stereocenters. The minimum atomic E-state index is -0.537. The first-order valence-electron chi connectivity index (χ1n) is 14.4. The van der Waals surface area contributed by atoms with Gasteiger partial charge in [-0.2, -0.15) is 0 Å². The molecule has 0 N–H and O–H groups in total. The SMILES string of the molecule is CC(C)(C)OC(=O)CC1(c2ccccc2)CCN(c2ncnc3c2nc(-c2ccccc2Cl)n3-c2ccc(Cl)cc2)CC1. The molecule has 43 heavy (non-hydrogen) atoms. The molecule has 6 rings (SSSR count). The lowest BCUT2D eigenvalue weighted by Crippen LogP contribution is -2.45. The Morgan fingerprint density at radius 3 is 2.26 bits per heavy atom. The second-order valence-corrected chi connectivity index (χ2v) is 12.8. The number of imidazole rings is 1. The van der Waals surface area contributed by atoms with Gasteiger partial charge in [0.25, 0.3) is 0 Å². The van der Waals surface area contributed by atoms with Gasteiger partial charge in [-0.05, 0) is 75.6 Å². The van der Waals surface area contributed by atoms with E-state index in [0.717, 1.165) is 35.5 Å². The zero-order valence-corrected chi connectivity index (χ0v) is 25.9. The van der Waals surface area contributed by atoms with E-state index in [1.54, 1.807) is 6.33 Å². The number of fused-ring (bicyclic) bond motifs is 1. The number of carbonyl (C=O) groups is 1. The molecule has 220 valence electrons. The van der Waals surface area contributed by atoms with Crippen molar-refractivity contribution in [3.63, 3.8) is 0 Å². The number of ether oxygens (including phenoxy) is 1. The lowest BCUT2D eigenvalue weighted by atomic mass is 9.70. The molecule has 1 saturated heterocycles. The molecule has 0 aliphatic carbocycles. The Morgan fingerprint density at radius 1 is 0.907 bits per heavy atom. The highest BCUT2D eigenvalue weighted by Gasteiger charge is 2.40. The quantitative estimate of drug-likeness (QED) is 0.180. The van der Waals surface area contributed by atoms with Crippen molar-refractivity contribution in [2.75, 3.05) is 18.0 Å². The van der Waals surface area contributed by atoms with Crippen LogP contribution in [0.4, 0.5) is 5.82 Å². The van der Waals surface area contributed by atoms with Crippen LogP contribution in [0.15, 0.2) is 85.2 Å². The van der Waals surface area contributed by atoms with E-state index in [2.05, 4.69) is 22.0 Å². The Balaban J connectivity index is 1.39. The normalized spacial score (nSPS) is 15.0. The lowest BCUT2D eigenvalue weighted by Gasteiger charge is -2.42. The summed E-state index contributed by atoms with van der Waals surface area (Å²) in [5.41, 5.74) is 3.30. The number of piperidine rings is 1. The van der Waals surface area contributed by atoms with E-state index in [0.29, 0.717) is 46.5 Å². The summed E-state index contributed by atoms with van der Waals surface area (Å²) in [5.74, 6) is 1.25. The fourth-order valence-electron chi connectivity index (χ4n) is 5.93. The summed E-state index contributed by atoms with van der Waals surface area (Å²) in [6.45, 7) is 7.10. The van der Waals surface area contributed by atoms with Gasteiger partial charge in [0.2, 0.25) is 0 Å². The summed E-state index contributed by atoms with van der Waals surface area (Å²) in [5, 5.41) is 1.24. The number of nitrogens with zero attached hydrogens (tertiary/aromatic N) is 5. The van der Waals surface area contributed by atoms with Crippen molar-refractivity contribution >= 4 is 46.2 Å². The Bertz CT molecular complexity index is 1760. The predicted molar refractivity (Wildman–Crippen MR) is 172 cm³/mol. The van der Waals surface area contributed by atoms with Crippen LogP contribution in [0.2, 0.25) is 10.0 Å². The van der Waals surface area contributed by atoms with Crippen molar-refractivity contribution in [1.29, 1.82) is 0 Å². The number of benzene rings is 3. The molecular weight excluding hydrogens is 581 g/mol. The molecule has 0 bridgehead atoms. The lowest BCUT2D eigenvalue weighted by molar-refractivity contribution is -0.156. The zero-order valence-electron chi connectivity index (χ0n) is 24.4. The monoisotopic (exact) mass is 613 g/mol. The number of hydrogen-bond acceptors (Lipinski definition) is 6. The number of aromatic nitrogens is 4. The number of rotatable bonds is 6. The Labute approximate surface area is 261 Å². The van der Waals surface area contributed by atoms with Gasteiger partial charge in [-0.15, -0.1) is 0 Å². The van der Waals surface area contributed by atoms with Crippen molar-refractivity contribution in [2.45, 2.75) is 51.0 Å². The standard InChI is InChI=1S/C34H33Cl2N5O2/c1-33(2,3)43-28(42)21-34(23-9-5-4-6-10-23)17-19-40(20-18-34)31-29-32(38-22-37-31)41(25-15-13-24(35)14-16-25)30(39-29)26-11-7-8-12-27(26)36/h4-16,22H,17-21H2,1-3H3. The third kappa shape index (κ3) is 5.97. The van der Waals surface area contributed by atoms with Gasteiger partial charge in [-0.1, -0.05) is 65.7 Å². The first-order valence-corrected chi connectivity index (χ1v) is 15.2. The van der Waals surface area contributed by atoms with Gasteiger partial charge >= 0.3 is 5.97 Å². The van der Waals surface area contributed by atoms with E-state index in [9.17, 15) is 4.79 Å². The zero-order chi connectivity index (χ0) is 30.2. The summed E-state index contributed by atoms with van der Waals surface area (Å²) in [4.78, 5) is 29.9. The fraction of sp³-hybridized carbons (Fsp3) is 0.294. The third-order valence-corrected chi connectivity index (χ3v) is 8.52. The minimum Gasteiger partial charge on any atom is -0.460 e. The molecule has 2 aromatic heterocycles. The highest BCUT2D eigenvalue weighted by molar-refractivity contribution is 6.33. The molecule has 0 unspecified atom stereocenters. The largest absolute Gasteiger partial charge is 0.460 e. The molecule has 9 heteroatoms. The second-order valence-electron chi connectivity index (χ2n) is 12.0. The Morgan fingerprint density at radius 2 is 1.58 bits per heavy atom. The van der Waals surface area contributed by atoms with Gasteiger partial charge in [0.15, 0.2) is 17.0 Å². The smallest absolute Gasteiger partial charge is 0.307 e. The average molecular weight is 615 g/mol. The number of carbonyl (C=O) groups excluding carboxylic acids is 1. The predicted octanol–water partition coefficient (Wildman–Crippen LogP) is 8.06. The molecule has 3 heterocycles. The van der Waals surface area contributed by atoms with Crippen molar-refractivity contribution in [3.05, 3.63) is 101 Å². The average Bonchev–Trinajstić information content (AvgIpc) is 3.37. The maximum Gasteiger partial charge on any atom is 0.307 e. The molecule has 0 amide bonds. The fourth-order valence-corrected chi connectivity index (χ4v) is 6.28. The van der Waals surface area contributed by atoms with Crippen LogP contribution in [-0.4, -0.2) is 44.2 Å². The second kappa shape index (κ2) is 11.6. The summed E-state index contributed by atoms with van der Waals surface area (Å²) in [7, 11) is 0. The minimum absolute atomic E-state index is 0.180. The topological polar surface area (TPSA) is 73.1 Å². The van der Waals surface area contributed by atoms with Crippen LogP contribution in [0.1, 0.15) is 45.6 Å². The first kappa shape index (κ1) is 29.1. The molecule has 3 aromatic carbocycles. The van der Waals surface area contributed by atoms with E-state index in [1.165, 1.54) is 0 Å². The van der Waals surface area contributed by atoms with Crippen LogP contribution in [0.3, 0.4) is 0 Å². The van der Waals surface area contributed by atoms with Crippen molar-refractivity contribution in [1.82, 2.24) is 19.5 Å². The first-order chi connectivity index (χ1) is 20.6. The molecule has 0 radical (unpaired) electrons. The molecule has 1 aliphatic heterocycles. The summed E-state index contributed by atoms with van der Waals surface area (Å²) >= 11 is 12.9. The summed E-state index contributed by atoms with van der Waals surface area (Å²) < 4.78 is 7.77. The maximum atomic E-state index is 13.1. The third-order valence-electron chi connectivity index (χ3n) is 7.93. The van der Waals surface area contributed by atoms with Crippen LogP contribution >= 0.6 is 23.2 Å². The van der Waals surface area contributed by atoms with E-state index in [1.807, 2.05) is 92.1 Å². The van der Waals surface area contributed by atoms with Crippen LogP contribution < -0.4 is 4.90 Å². The molecule has 5 aromatic rings. The number of hydrogen-bond donors (Lipinski definition) is 0. The molecule has 0 saturated carbocycles. The van der Waals surface area contributed by atoms with Crippen LogP contribution in [0.5, 0.6) is 0 Å². The molecule has 7 nitrogen and oxygen atoms in total. The van der Waals surface area contributed by atoms with Crippen LogP contribution in [0.25, 0.3) is 28.2 Å². The van der Waals surface area contributed by atoms with Gasteiger partial charge in [-0.25, -0.2) is 15.0 Å². The summed E-state index contributed by atoms with van der Waals surface area (Å²) in [6, 6.07) is 25.5. The maximum absolute atomic E-state index is 13.1. The van der Waals surface area contributed by atoms with E-state index in [4.69, 9.17) is 37.9 Å². The van der Waals surface area contributed by atoms with Crippen LogP contribution in [0, 0.1) is 0 Å². The van der Waals surface area contributed by atoms with Gasteiger partial charge in [0, 0.05) is 34.8 Å². The molecule has 0 spiro atoms. The Kier molecular flexibility index (Phi) is 7.88. The number of anilines is 1. The number of halogens is 2. The van der Waals surface area contributed by atoms with Crippen molar-refractivity contribution in [3.8, 4) is 17.1 Å². The molecule has 1 fully saturated rings. The molecular formula is C34H33Cl2N5O2. The van der Waals surface area contributed by atoms with E-state index >= 15 is 0 Å². The van der Waals surface area contributed by atoms with Gasteiger partial charge in [0.05, 0.1) is 11.4 Å². The van der Waals surface area contributed by atoms with Crippen molar-refractivity contribution < 1.29 is 9.53 Å².